The first-order valence-corrected chi connectivity index (χ1v) is 10.8. The number of imide groups is 1. The second kappa shape index (κ2) is 9.67. The Morgan fingerprint density at radius 1 is 1.03 bits per heavy atom. The molecule has 11 nitrogen and oxygen atoms in total. The van der Waals surface area contributed by atoms with E-state index in [0.29, 0.717) is 11.4 Å². The average Bonchev–Trinajstić information content (AvgIpc) is 3.03. The molecule has 0 atom stereocenters. The number of hydrogen-bond donors (Lipinski definition) is 1. The van der Waals surface area contributed by atoms with Crippen molar-refractivity contribution in [1.29, 1.82) is 0 Å². The summed E-state index contributed by atoms with van der Waals surface area (Å²) < 4.78 is 5.69. The minimum atomic E-state index is -0.625. The maximum atomic E-state index is 12.5. The van der Waals surface area contributed by atoms with E-state index in [2.05, 4.69) is 15.3 Å². The zero-order valence-electron chi connectivity index (χ0n) is 19.0. The predicted molar refractivity (Wildman–Crippen MR) is 124 cm³/mol. The molecule has 0 unspecified atom stereocenters. The van der Waals surface area contributed by atoms with E-state index in [4.69, 9.17) is 4.74 Å². The number of nitro benzene ring substituents is 1. The van der Waals surface area contributed by atoms with Gasteiger partial charge in [-0.2, -0.15) is 0 Å². The number of benzene rings is 2. The van der Waals surface area contributed by atoms with Gasteiger partial charge >= 0.3 is 6.01 Å². The summed E-state index contributed by atoms with van der Waals surface area (Å²) in [6, 6.07) is 12.4. The van der Waals surface area contributed by atoms with Gasteiger partial charge in [0.1, 0.15) is 5.75 Å². The number of fused-ring (bicyclic) bond motifs is 1. The molecule has 1 aliphatic heterocycles. The van der Waals surface area contributed by atoms with Gasteiger partial charge in [0.25, 0.3) is 17.5 Å². The second-order valence-electron chi connectivity index (χ2n) is 7.96. The zero-order valence-corrected chi connectivity index (χ0v) is 19.0. The molecule has 178 valence electrons. The van der Waals surface area contributed by atoms with Gasteiger partial charge < -0.3 is 10.1 Å². The van der Waals surface area contributed by atoms with Crippen molar-refractivity contribution in [3.8, 4) is 11.8 Å². The number of nitrogens with zero attached hydrogens (tertiary/aromatic N) is 4. The lowest BCUT2D eigenvalue weighted by molar-refractivity contribution is -0.384. The van der Waals surface area contributed by atoms with Crippen molar-refractivity contribution >= 4 is 29.1 Å². The van der Waals surface area contributed by atoms with Crippen molar-refractivity contribution in [2.24, 2.45) is 0 Å². The Labute approximate surface area is 199 Å². The van der Waals surface area contributed by atoms with Crippen molar-refractivity contribution in [1.82, 2.24) is 14.9 Å². The Hall–Kier alpha value is -4.67. The van der Waals surface area contributed by atoms with E-state index in [-0.39, 0.29) is 48.1 Å². The molecular weight excluding hydrogens is 454 g/mol. The molecular formula is C24H21N5O6. The highest BCUT2D eigenvalue weighted by Crippen LogP contribution is 2.27. The van der Waals surface area contributed by atoms with E-state index in [9.17, 15) is 24.5 Å². The molecule has 3 amide bonds. The summed E-state index contributed by atoms with van der Waals surface area (Å²) in [7, 11) is 0. The zero-order chi connectivity index (χ0) is 25.1. The molecule has 0 saturated heterocycles. The number of amides is 3. The van der Waals surface area contributed by atoms with Crippen LogP contribution >= 0.6 is 0 Å². The number of carbonyl (C=O) groups is 3. The van der Waals surface area contributed by atoms with Gasteiger partial charge in [-0.3, -0.25) is 29.4 Å². The lowest BCUT2D eigenvalue weighted by Crippen LogP contribution is -2.31. The van der Waals surface area contributed by atoms with Crippen LogP contribution in [0.25, 0.3) is 0 Å². The van der Waals surface area contributed by atoms with Crippen molar-refractivity contribution in [3.05, 3.63) is 81.2 Å². The van der Waals surface area contributed by atoms with Crippen LogP contribution in [0, 0.1) is 24.0 Å². The van der Waals surface area contributed by atoms with E-state index >= 15 is 0 Å². The first kappa shape index (κ1) is 23.5. The third-order valence-corrected chi connectivity index (χ3v) is 5.24. The summed E-state index contributed by atoms with van der Waals surface area (Å²) in [5.74, 6) is -0.990. The molecule has 0 aliphatic carbocycles. The van der Waals surface area contributed by atoms with Crippen molar-refractivity contribution in [2.75, 3.05) is 11.9 Å². The number of ether oxygens (including phenoxy) is 1. The summed E-state index contributed by atoms with van der Waals surface area (Å²) in [6.07, 6.45) is 0.283. The van der Waals surface area contributed by atoms with Crippen LogP contribution in [0.15, 0.2) is 48.5 Å². The standard InChI is InChI=1S/C24H21N5O6/c1-14-11-15(2)26-24(25-14)35-18-6-3-5-16(12-18)27-21(30)7-4-10-28-22(31)19-9-8-17(29(33)34)13-20(19)23(28)32/h3,5-6,8-9,11-13H,4,7,10H2,1-2H3,(H,27,30). The lowest BCUT2D eigenvalue weighted by atomic mass is 10.1. The molecule has 3 aromatic rings. The number of nitro groups is 1. The number of aromatic nitrogens is 2. The van der Waals surface area contributed by atoms with E-state index in [1.807, 2.05) is 19.9 Å². The normalized spacial score (nSPS) is 12.5. The highest BCUT2D eigenvalue weighted by molar-refractivity contribution is 6.21. The van der Waals surface area contributed by atoms with Crippen LogP contribution in [-0.4, -0.2) is 44.1 Å². The molecule has 1 N–H and O–H groups in total. The maximum Gasteiger partial charge on any atom is 0.322 e. The van der Waals surface area contributed by atoms with Gasteiger partial charge in [-0.05, 0) is 44.5 Å². The van der Waals surface area contributed by atoms with Crippen molar-refractivity contribution in [3.63, 3.8) is 0 Å². The van der Waals surface area contributed by atoms with Crippen LogP contribution in [0.3, 0.4) is 0 Å². The quantitative estimate of drug-likeness (QED) is 0.294. The summed E-state index contributed by atoms with van der Waals surface area (Å²) >= 11 is 0. The second-order valence-corrected chi connectivity index (χ2v) is 7.96. The number of rotatable bonds is 8. The SMILES string of the molecule is Cc1cc(C)nc(Oc2cccc(NC(=O)CCCN3C(=O)c4ccc([N+](=O)[O-])cc4C3=O)c2)n1. The molecule has 0 spiro atoms. The lowest BCUT2D eigenvalue weighted by Gasteiger charge is -2.13. The Kier molecular flexibility index (Phi) is 6.49. The molecule has 1 aromatic heterocycles. The van der Waals surface area contributed by atoms with Gasteiger partial charge in [-0.25, -0.2) is 9.97 Å². The van der Waals surface area contributed by atoms with Gasteiger partial charge in [-0.15, -0.1) is 0 Å². The Morgan fingerprint density at radius 3 is 2.46 bits per heavy atom. The molecule has 2 heterocycles. The van der Waals surface area contributed by atoms with Gasteiger partial charge in [-0.1, -0.05) is 6.07 Å². The monoisotopic (exact) mass is 475 g/mol. The number of nitrogens with one attached hydrogen (secondary N) is 1. The molecule has 35 heavy (non-hydrogen) atoms. The predicted octanol–water partition coefficient (Wildman–Crippen LogP) is 3.81. The number of hydrogen-bond acceptors (Lipinski definition) is 8. The fraction of sp³-hybridized carbons (Fsp3) is 0.208. The van der Waals surface area contributed by atoms with Crippen LogP contribution < -0.4 is 10.1 Å². The molecule has 2 aromatic carbocycles. The number of non-ortho nitro benzene ring substituents is 1. The minimum Gasteiger partial charge on any atom is -0.424 e. The van der Waals surface area contributed by atoms with Crippen LogP contribution in [0.4, 0.5) is 11.4 Å². The van der Waals surface area contributed by atoms with Crippen LogP contribution in [-0.2, 0) is 4.79 Å². The first-order chi connectivity index (χ1) is 16.7. The molecule has 1 aliphatic rings. The maximum absolute atomic E-state index is 12.5. The summed E-state index contributed by atoms with van der Waals surface area (Å²) in [5, 5.41) is 13.7. The van der Waals surface area contributed by atoms with E-state index in [0.717, 1.165) is 22.4 Å². The van der Waals surface area contributed by atoms with E-state index < -0.39 is 16.7 Å². The Bertz CT molecular complexity index is 1340. The largest absolute Gasteiger partial charge is 0.424 e. The van der Waals surface area contributed by atoms with Gasteiger partial charge in [0, 0.05) is 48.2 Å². The Balaban J connectivity index is 1.32. The summed E-state index contributed by atoms with van der Waals surface area (Å²) in [4.78, 5) is 57.2. The number of carbonyl (C=O) groups excluding carboxylic acids is 3. The summed E-state index contributed by atoms with van der Waals surface area (Å²) in [6.45, 7) is 3.69. The number of aryl methyl sites for hydroxylation is 2. The number of anilines is 1. The fourth-order valence-corrected chi connectivity index (χ4v) is 3.70. The third kappa shape index (κ3) is 5.29. The van der Waals surface area contributed by atoms with Crippen molar-refractivity contribution < 1.29 is 24.0 Å². The van der Waals surface area contributed by atoms with Crippen molar-refractivity contribution in [2.45, 2.75) is 26.7 Å². The summed E-state index contributed by atoms with van der Waals surface area (Å²) in [5.41, 5.74) is 1.90. The topological polar surface area (TPSA) is 145 Å². The van der Waals surface area contributed by atoms with E-state index in [1.54, 1.807) is 24.3 Å². The smallest absolute Gasteiger partial charge is 0.322 e. The highest BCUT2D eigenvalue weighted by atomic mass is 16.6. The van der Waals surface area contributed by atoms with Gasteiger partial charge in [0.05, 0.1) is 16.1 Å². The molecule has 11 heteroatoms. The third-order valence-electron chi connectivity index (χ3n) is 5.24. The van der Waals surface area contributed by atoms with Crippen LogP contribution in [0.2, 0.25) is 0 Å². The first-order valence-electron chi connectivity index (χ1n) is 10.8. The molecule has 0 radical (unpaired) electrons. The van der Waals surface area contributed by atoms with E-state index in [1.165, 1.54) is 12.1 Å². The fourth-order valence-electron chi connectivity index (χ4n) is 3.70. The molecule has 0 fully saturated rings. The highest BCUT2D eigenvalue weighted by Gasteiger charge is 2.36. The van der Waals surface area contributed by atoms with Crippen LogP contribution in [0.5, 0.6) is 11.8 Å². The van der Waals surface area contributed by atoms with Crippen LogP contribution in [0.1, 0.15) is 44.9 Å². The Morgan fingerprint density at radius 2 is 1.74 bits per heavy atom. The molecule has 4 rings (SSSR count). The minimum absolute atomic E-state index is 0.00162. The van der Waals surface area contributed by atoms with Gasteiger partial charge in [0.15, 0.2) is 0 Å². The molecule has 0 saturated carbocycles. The van der Waals surface area contributed by atoms with Gasteiger partial charge in [0.2, 0.25) is 5.91 Å². The molecule has 0 bridgehead atoms. The average molecular weight is 475 g/mol.